The highest BCUT2D eigenvalue weighted by molar-refractivity contribution is 6.32. The largest absolute Gasteiger partial charge is 0.452 e. The quantitative estimate of drug-likeness (QED) is 0.689. The molecule has 0 radical (unpaired) electrons. The summed E-state index contributed by atoms with van der Waals surface area (Å²) in [5, 5.41) is 13.2. The fourth-order valence-electron chi connectivity index (χ4n) is 1.50. The molecule has 0 atom stereocenters. The standard InChI is InChI=1S/C12H9ClN2O4/c1-7-2-3-8(15(17)18)6-10(7)14-12(16)9-4-5-19-11(9)13/h2-6H,1H3,(H,14,16). The lowest BCUT2D eigenvalue weighted by Gasteiger charge is -2.07. The summed E-state index contributed by atoms with van der Waals surface area (Å²) < 4.78 is 4.81. The van der Waals surface area contributed by atoms with Gasteiger partial charge < -0.3 is 9.73 Å². The van der Waals surface area contributed by atoms with Crippen LogP contribution >= 0.6 is 11.6 Å². The smallest absolute Gasteiger partial charge is 0.271 e. The third kappa shape index (κ3) is 2.74. The number of furan rings is 1. The van der Waals surface area contributed by atoms with Gasteiger partial charge in [-0.2, -0.15) is 0 Å². The number of rotatable bonds is 3. The Morgan fingerprint density at radius 2 is 2.16 bits per heavy atom. The second-order valence-electron chi connectivity index (χ2n) is 3.82. The molecule has 6 nitrogen and oxygen atoms in total. The van der Waals surface area contributed by atoms with Crippen molar-refractivity contribution >= 4 is 28.9 Å². The first-order valence-electron chi connectivity index (χ1n) is 5.28. The van der Waals surface area contributed by atoms with Crippen LogP contribution in [-0.4, -0.2) is 10.8 Å². The molecule has 0 fully saturated rings. The highest BCUT2D eigenvalue weighted by atomic mass is 35.5. The van der Waals surface area contributed by atoms with Gasteiger partial charge in [0, 0.05) is 12.1 Å². The number of aryl methyl sites for hydroxylation is 1. The molecule has 1 amide bonds. The van der Waals surface area contributed by atoms with Gasteiger partial charge in [0.2, 0.25) is 5.22 Å². The Balaban J connectivity index is 2.28. The molecule has 2 aromatic rings. The molecule has 0 spiro atoms. The number of nitro benzene ring substituents is 1. The van der Waals surface area contributed by atoms with Gasteiger partial charge in [-0.1, -0.05) is 6.07 Å². The van der Waals surface area contributed by atoms with E-state index in [1.165, 1.54) is 24.5 Å². The van der Waals surface area contributed by atoms with Crippen LogP contribution in [0.2, 0.25) is 5.22 Å². The summed E-state index contributed by atoms with van der Waals surface area (Å²) in [5.74, 6) is -0.484. The van der Waals surface area contributed by atoms with Gasteiger partial charge in [-0.05, 0) is 30.2 Å². The van der Waals surface area contributed by atoms with Gasteiger partial charge in [0.15, 0.2) is 0 Å². The molecule has 1 heterocycles. The molecule has 0 aliphatic rings. The number of nitrogens with zero attached hydrogens (tertiary/aromatic N) is 1. The van der Waals surface area contributed by atoms with Crippen LogP contribution in [0.25, 0.3) is 0 Å². The Bertz CT molecular complexity index is 651. The molecule has 19 heavy (non-hydrogen) atoms. The van der Waals surface area contributed by atoms with Crippen LogP contribution in [0.1, 0.15) is 15.9 Å². The summed E-state index contributed by atoms with van der Waals surface area (Å²) in [6, 6.07) is 5.64. The molecule has 98 valence electrons. The van der Waals surface area contributed by atoms with E-state index in [0.29, 0.717) is 11.3 Å². The van der Waals surface area contributed by atoms with E-state index in [4.69, 9.17) is 16.0 Å². The fourth-order valence-corrected chi connectivity index (χ4v) is 1.70. The number of non-ortho nitro benzene ring substituents is 1. The van der Waals surface area contributed by atoms with E-state index in [0.717, 1.165) is 0 Å². The van der Waals surface area contributed by atoms with Gasteiger partial charge in [0.1, 0.15) is 0 Å². The zero-order valence-corrected chi connectivity index (χ0v) is 10.6. The summed E-state index contributed by atoms with van der Waals surface area (Å²) in [6.07, 6.45) is 1.29. The lowest BCUT2D eigenvalue weighted by molar-refractivity contribution is -0.384. The average molecular weight is 281 g/mol. The van der Waals surface area contributed by atoms with Crippen LogP contribution in [0, 0.1) is 17.0 Å². The number of amides is 1. The SMILES string of the molecule is Cc1ccc([N+](=O)[O-])cc1NC(=O)c1ccoc1Cl. The predicted molar refractivity (Wildman–Crippen MR) is 69.5 cm³/mol. The van der Waals surface area contributed by atoms with E-state index in [-0.39, 0.29) is 16.5 Å². The fraction of sp³-hybridized carbons (Fsp3) is 0.0833. The lowest BCUT2D eigenvalue weighted by Crippen LogP contribution is -2.12. The molecular weight excluding hydrogens is 272 g/mol. The third-order valence-electron chi connectivity index (χ3n) is 2.54. The first kappa shape index (κ1) is 13.1. The van der Waals surface area contributed by atoms with Gasteiger partial charge >= 0.3 is 0 Å². The molecule has 1 aromatic heterocycles. The van der Waals surface area contributed by atoms with Crippen molar-refractivity contribution in [3.63, 3.8) is 0 Å². The van der Waals surface area contributed by atoms with E-state index >= 15 is 0 Å². The number of halogens is 1. The molecule has 2 rings (SSSR count). The summed E-state index contributed by atoms with van der Waals surface area (Å²) in [7, 11) is 0. The molecule has 1 N–H and O–H groups in total. The molecule has 0 saturated carbocycles. The first-order valence-corrected chi connectivity index (χ1v) is 5.66. The topological polar surface area (TPSA) is 85.4 Å². The third-order valence-corrected chi connectivity index (χ3v) is 2.84. The summed E-state index contributed by atoms with van der Waals surface area (Å²) in [6.45, 7) is 1.73. The van der Waals surface area contributed by atoms with E-state index in [1.807, 2.05) is 0 Å². The molecular formula is C12H9ClN2O4. The second kappa shape index (κ2) is 5.11. The summed E-state index contributed by atoms with van der Waals surface area (Å²) >= 11 is 5.69. The molecule has 0 unspecified atom stereocenters. The number of hydrogen-bond acceptors (Lipinski definition) is 4. The minimum absolute atomic E-state index is 0.0272. The first-order chi connectivity index (χ1) is 8.99. The van der Waals surface area contributed by atoms with Crippen molar-refractivity contribution in [1.82, 2.24) is 0 Å². The van der Waals surface area contributed by atoms with Crippen molar-refractivity contribution in [2.75, 3.05) is 5.32 Å². The van der Waals surface area contributed by atoms with Crippen LogP contribution < -0.4 is 5.32 Å². The number of nitrogens with one attached hydrogen (secondary N) is 1. The monoisotopic (exact) mass is 280 g/mol. The van der Waals surface area contributed by atoms with Crippen molar-refractivity contribution in [3.05, 3.63) is 57.0 Å². The maximum Gasteiger partial charge on any atom is 0.271 e. The van der Waals surface area contributed by atoms with Crippen molar-refractivity contribution in [3.8, 4) is 0 Å². The minimum Gasteiger partial charge on any atom is -0.452 e. The van der Waals surface area contributed by atoms with Crippen LogP contribution in [0.5, 0.6) is 0 Å². The van der Waals surface area contributed by atoms with Gasteiger partial charge in [-0.15, -0.1) is 0 Å². The molecule has 0 bridgehead atoms. The van der Waals surface area contributed by atoms with Crippen molar-refractivity contribution in [1.29, 1.82) is 0 Å². The van der Waals surface area contributed by atoms with Crippen molar-refractivity contribution < 1.29 is 14.1 Å². The van der Waals surface area contributed by atoms with Gasteiger partial charge in [-0.3, -0.25) is 14.9 Å². The number of carbonyl (C=O) groups excluding carboxylic acids is 1. The number of carbonyl (C=O) groups is 1. The van der Waals surface area contributed by atoms with Gasteiger partial charge in [0.05, 0.1) is 22.4 Å². The number of benzene rings is 1. The van der Waals surface area contributed by atoms with Crippen LogP contribution in [0.3, 0.4) is 0 Å². The lowest BCUT2D eigenvalue weighted by atomic mass is 10.1. The van der Waals surface area contributed by atoms with E-state index in [9.17, 15) is 14.9 Å². The Morgan fingerprint density at radius 3 is 2.74 bits per heavy atom. The predicted octanol–water partition coefficient (Wildman–Crippen LogP) is 3.40. The van der Waals surface area contributed by atoms with E-state index in [2.05, 4.69) is 5.32 Å². The molecule has 7 heteroatoms. The number of anilines is 1. The van der Waals surface area contributed by atoms with Gasteiger partial charge in [-0.25, -0.2) is 0 Å². The Morgan fingerprint density at radius 1 is 1.42 bits per heavy atom. The van der Waals surface area contributed by atoms with Crippen LogP contribution in [0.15, 0.2) is 34.9 Å². The zero-order valence-electron chi connectivity index (χ0n) is 9.84. The normalized spacial score (nSPS) is 10.2. The highest BCUT2D eigenvalue weighted by Gasteiger charge is 2.15. The molecule has 1 aromatic carbocycles. The summed E-state index contributed by atoms with van der Waals surface area (Å²) in [5.41, 5.74) is 1.14. The molecule has 0 aliphatic carbocycles. The van der Waals surface area contributed by atoms with Gasteiger partial charge in [0.25, 0.3) is 11.6 Å². The second-order valence-corrected chi connectivity index (χ2v) is 4.16. The summed E-state index contributed by atoms with van der Waals surface area (Å²) in [4.78, 5) is 22.1. The Labute approximate surface area is 113 Å². The van der Waals surface area contributed by atoms with Crippen LogP contribution in [0.4, 0.5) is 11.4 Å². The average Bonchev–Trinajstić information content (AvgIpc) is 2.78. The minimum atomic E-state index is -0.528. The Hall–Kier alpha value is -2.34. The van der Waals surface area contributed by atoms with E-state index in [1.54, 1.807) is 13.0 Å². The van der Waals surface area contributed by atoms with Crippen molar-refractivity contribution in [2.24, 2.45) is 0 Å². The highest BCUT2D eigenvalue weighted by Crippen LogP contribution is 2.24. The van der Waals surface area contributed by atoms with Crippen molar-refractivity contribution in [2.45, 2.75) is 6.92 Å². The molecule has 0 saturated heterocycles. The zero-order chi connectivity index (χ0) is 14.0. The van der Waals surface area contributed by atoms with Crippen LogP contribution in [-0.2, 0) is 0 Å². The molecule has 0 aliphatic heterocycles. The number of hydrogen-bond donors (Lipinski definition) is 1. The van der Waals surface area contributed by atoms with E-state index < -0.39 is 10.8 Å². The maximum atomic E-state index is 11.9. The Kier molecular flexibility index (Phi) is 3.52. The maximum absolute atomic E-state index is 11.9. The number of nitro groups is 1.